The zero-order chi connectivity index (χ0) is 14.7. The summed E-state index contributed by atoms with van der Waals surface area (Å²) in [7, 11) is 0. The van der Waals surface area contributed by atoms with Gasteiger partial charge in [-0.15, -0.1) is 10.2 Å². The van der Waals surface area contributed by atoms with Gasteiger partial charge in [-0.3, -0.25) is 9.78 Å². The normalized spacial score (nSPS) is 10.9. The first-order valence-corrected chi connectivity index (χ1v) is 8.12. The molecule has 0 aliphatic carbocycles. The van der Waals surface area contributed by atoms with Crippen LogP contribution in [0.5, 0.6) is 0 Å². The molecule has 6 nitrogen and oxygen atoms in total. The number of nitrogens with zero attached hydrogens (tertiary/aromatic N) is 4. The van der Waals surface area contributed by atoms with Crippen LogP contribution in [0.2, 0.25) is 0 Å². The number of thiazole rings is 1. The van der Waals surface area contributed by atoms with Crippen LogP contribution in [0.25, 0.3) is 11.5 Å². The second kappa shape index (κ2) is 6.23. The summed E-state index contributed by atoms with van der Waals surface area (Å²) < 4.78 is 7.31. The molecule has 0 aliphatic heterocycles. The van der Waals surface area contributed by atoms with E-state index >= 15 is 0 Å². The summed E-state index contributed by atoms with van der Waals surface area (Å²) in [5.74, 6) is 1.15. The lowest BCUT2D eigenvalue weighted by atomic mass is 10.3. The van der Waals surface area contributed by atoms with Gasteiger partial charge in [-0.25, -0.2) is 0 Å². The average Bonchev–Trinajstić information content (AvgIpc) is 3.10. The molecule has 0 saturated carbocycles. The van der Waals surface area contributed by atoms with Crippen LogP contribution in [0.15, 0.2) is 44.3 Å². The van der Waals surface area contributed by atoms with E-state index in [9.17, 15) is 4.79 Å². The second-order valence-electron chi connectivity index (χ2n) is 4.26. The molecule has 21 heavy (non-hydrogen) atoms. The van der Waals surface area contributed by atoms with Gasteiger partial charge >= 0.3 is 4.87 Å². The quantitative estimate of drug-likeness (QED) is 0.672. The molecule has 0 saturated heterocycles. The minimum Gasteiger partial charge on any atom is -0.411 e. The van der Waals surface area contributed by atoms with Crippen molar-refractivity contribution in [2.24, 2.45) is 0 Å². The summed E-state index contributed by atoms with van der Waals surface area (Å²) in [5.41, 5.74) is 1.77. The summed E-state index contributed by atoms with van der Waals surface area (Å²) in [4.78, 5) is 15.7. The van der Waals surface area contributed by atoms with Gasteiger partial charge in [0.15, 0.2) is 0 Å². The topological polar surface area (TPSA) is 73.8 Å². The Morgan fingerprint density at radius 2 is 2.33 bits per heavy atom. The van der Waals surface area contributed by atoms with E-state index in [4.69, 9.17) is 4.42 Å². The van der Waals surface area contributed by atoms with Crippen LogP contribution in [0, 0.1) is 6.92 Å². The molecule has 108 valence electrons. The molecule has 0 amide bonds. The van der Waals surface area contributed by atoms with Gasteiger partial charge in [-0.05, 0) is 19.1 Å². The lowest BCUT2D eigenvalue weighted by Crippen LogP contribution is -2.15. The first-order chi connectivity index (χ1) is 10.2. The van der Waals surface area contributed by atoms with Crippen LogP contribution in [-0.2, 0) is 6.54 Å². The molecule has 0 bridgehead atoms. The lowest BCUT2D eigenvalue weighted by molar-refractivity contribution is 0.465. The van der Waals surface area contributed by atoms with Gasteiger partial charge in [0.25, 0.3) is 5.22 Å². The summed E-state index contributed by atoms with van der Waals surface area (Å²) >= 11 is 2.65. The zero-order valence-electron chi connectivity index (χ0n) is 11.2. The minimum absolute atomic E-state index is 0.0645. The van der Waals surface area contributed by atoms with E-state index in [2.05, 4.69) is 15.2 Å². The number of aromatic nitrogens is 4. The molecule has 0 spiro atoms. The molecule has 3 rings (SSSR count). The van der Waals surface area contributed by atoms with Gasteiger partial charge in [0.05, 0.1) is 5.56 Å². The largest absolute Gasteiger partial charge is 0.411 e. The van der Waals surface area contributed by atoms with Crippen LogP contribution >= 0.6 is 23.1 Å². The predicted molar refractivity (Wildman–Crippen MR) is 81.6 cm³/mol. The molecule has 3 heterocycles. The first kappa shape index (κ1) is 14.0. The maximum atomic E-state index is 11.6. The minimum atomic E-state index is 0.0645. The summed E-state index contributed by atoms with van der Waals surface area (Å²) in [6.45, 7) is 2.55. The van der Waals surface area contributed by atoms with E-state index in [1.54, 1.807) is 17.0 Å². The molecule has 0 unspecified atom stereocenters. The molecule has 0 atom stereocenters. The molecule has 0 fully saturated rings. The van der Waals surface area contributed by atoms with E-state index < -0.39 is 0 Å². The van der Waals surface area contributed by atoms with Crippen LogP contribution in [0.1, 0.15) is 5.69 Å². The van der Waals surface area contributed by atoms with Crippen molar-refractivity contribution in [2.45, 2.75) is 18.7 Å². The Morgan fingerprint density at radius 1 is 1.43 bits per heavy atom. The van der Waals surface area contributed by atoms with Crippen LogP contribution < -0.4 is 4.87 Å². The second-order valence-corrected chi connectivity index (χ2v) is 6.12. The summed E-state index contributed by atoms with van der Waals surface area (Å²) in [6.07, 6.45) is 3.37. The summed E-state index contributed by atoms with van der Waals surface area (Å²) in [5, 5.41) is 10.3. The fraction of sp³-hybridized carbons (Fsp3) is 0.231. The maximum absolute atomic E-state index is 11.6. The first-order valence-electron chi connectivity index (χ1n) is 6.25. The Hall–Kier alpha value is -1.93. The molecule has 3 aromatic heterocycles. The maximum Gasteiger partial charge on any atom is 0.307 e. The number of rotatable bonds is 5. The van der Waals surface area contributed by atoms with Crippen molar-refractivity contribution >= 4 is 23.1 Å². The van der Waals surface area contributed by atoms with Crippen LogP contribution in [-0.4, -0.2) is 25.5 Å². The molecule has 0 aromatic carbocycles. The lowest BCUT2D eigenvalue weighted by Gasteiger charge is -2.01. The van der Waals surface area contributed by atoms with Gasteiger partial charge in [0, 0.05) is 35.8 Å². The van der Waals surface area contributed by atoms with Gasteiger partial charge in [-0.2, -0.15) is 0 Å². The average molecular weight is 320 g/mol. The third kappa shape index (κ3) is 3.22. The van der Waals surface area contributed by atoms with Gasteiger partial charge in [0.1, 0.15) is 0 Å². The monoisotopic (exact) mass is 320 g/mol. The third-order valence-corrected chi connectivity index (χ3v) is 4.51. The van der Waals surface area contributed by atoms with Crippen LogP contribution in [0.4, 0.5) is 0 Å². The van der Waals surface area contributed by atoms with E-state index in [0.29, 0.717) is 23.4 Å². The molecule has 0 N–H and O–H groups in total. The Kier molecular flexibility index (Phi) is 4.16. The van der Waals surface area contributed by atoms with E-state index in [1.807, 2.05) is 24.4 Å². The Balaban J connectivity index is 1.62. The molecule has 8 heteroatoms. The highest BCUT2D eigenvalue weighted by Gasteiger charge is 2.09. The van der Waals surface area contributed by atoms with E-state index in [1.165, 1.54) is 23.1 Å². The zero-order valence-corrected chi connectivity index (χ0v) is 12.9. The highest BCUT2D eigenvalue weighted by atomic mass is 32.2. The van der Waals surface area contributed by atoms with Crippen LogP contribution in [0.3, 0.4) is 0 Å². The highest BCUT2D eigenvalue weighted by Crippen LogP contribution is 2.22. The SMILES string of the molecule is Cc1csc(=O)n1CCSc1nnc(-c2cccnc2)o1. The Labute approximate surface area is 128 Å². The molecule has 0 aliphatic rings. The number of thioether (sulfide) groups is 1. The summed E-state index contributed by atoms with van der Waals surface area (Å²) in [6, 6.07) is 3.68. The van der Waals surface area contributed by atoms with Crippen molar-refractivity contribution < 1.29 is 4.42 Å². The molecule has 3 aromatic rings. The highest BCUT2D eigenvalue weighted by molar-refractivity contribution is 7.99. The van der Waals surface area contributed by atoms with Crippen molar-refractivity contribution in [3.63, 3.8) is 0 Å². The van der Waals surface area contributed by atoms with Crippen molar-refractivity contribution in [1.82, 2.24) is 19.7 Å². The molecule has 0 radical (unpaired) electrons. The van der Waals surface area contributed by atoms with E-state index in [-0.39, 0.29) is 4.87 Å². The number of hydrogen-bond acceptors (Lipinski definition) is 7. The number of hydrogen-bond donors (Lipinski definition) is 0. The predicted octanol–water partition coefficient (Wildman–Crippen LogP) is 2.46. The molecular formula is C13H12N4O2S2. The Morgan fingerprint density at radius 3 is 3.05 bits per heavy atom. The van der Waals surface area contributed by atoms with Gasteiger partial charge in [0.2, 0.25) is 5.89 Å². The van der Waals surface area contributed by atoms with Gasteiger partial charge < -0.3 is 8.98 Å². The Bertz CT molecular complexity index is 779. The fourth-order valence-electron chi connectivity index (χ4n) is 1.77. The number of aryl methyl sites for hydroxylation is 1. The van der Waals surface area contributed by atoms with E-state index in [0.717, 1.165) is 11.3 Å². The van der Waals surface area contributed by atoms with Crippen molar-refractivity contribution in [3.05, 3.63) is 45.3 Å². The van der Waals surface area contributed by atoms with Crippen molar-refractivity contribution in [1.29, 1.82) is 0 Å². The fourth-order valence-corrected chi connectivity index (χ4v) is 3.22. The van der Waals surface area contributed by atoms with Gasteiger partial charge in [-0.1, -0.05) is 23.1 Å². The van der Waals surface area contributed by atoms with Crippen molar-refractivity contribution in [2.75, 3.05) is 5.75 Å². The molecular weight excluding hydrogens is 308 g/mol. The smallest absolute Gasteiger partial charge is 0.307 e. The van der Waals surface area contributed by atoms with Crippen molar-refractivity contribution in [3.8, 4) is 11.5 Å². The standard InChI is InChI=1S/C13H12N4O2S2/c1-9-8-21-13(18)17(9)5-6-20-12-16-15-11(19-12)10-3-2-4-14-7-10/h2-4,7-8H,5-6H2,1H3. The number of pyridine rings is 1. The third-order valence-electron chi connectivity index (χ3n) is 2.83.